The number of rotatable bonds is 1. The van der Waals surface area contributed by atoms with Gasteiger partial charge in [-0.1, -0.05) is 0 Å². The monoisotopic (exact) mass is 278 g/mol. The molecule has 1 aromatic heterocycles. The average molecular weight is 278 g/mol. The van der Waals surface area contributed by atoms with E-state index in [-0.39, 0.29) is 5.91 Å². The van der Waals surface area contributed by atoms with Crippen molar-refractivity contribution in [3.8, 4) is 0 Å². The van der Waals surface area contributed by atoms with Crippen molar-refractivity contribution in [1.82, 2.24) is 15.6 Å². The first-order valence-corrected chi connectivity index (χ1v) is 7.65. The van der Waals surface area contributed by atoms with E-state index < -0.39 is 0 Å². The van der Waals surface area contributed by atoms with Crippen molar-refractivity contribution in [1.29, 1.82) is 0 Å². The zero-order valence-electron chi connectivity index (χ0n) is 10.9. The molecule has 2 N–H and O–H groups in total. The molecule has 1 aromatic rings. The molecule has 0 atom stereocenters. The molecular formula is C13H18N4OS. The Kier molecular flexibility index (Phi) is 4.00. The van der Waals surface area contributed by atoms with Crippen LogP contribution in [-0.4, -0.2) is 42.8 Å². The Bertz CT molecular complexity index is 477. The third-order valence-corrected chi connectivity index (χ3v) is 4.61. The summed E-state index contributed by atoms with van der Waals surface area (Å²) in [4.78, 5) is 22.1. The van der Waals surface area contributed by atoms with Gasteiger partial charge in [-0.15, -0.1) is 11.3 Å². The third-order valence-electron chi connectivity index (χ3n) is 3.47. The Hall–Kier alpha value is -1.11. The maximum atomic E-state index is 12.1. The molecule has 0 spiro atoms. The molecule has 19 heavy (non-hydrogen) atoms. The minimum Gasteiger partial charge on any atom is -0.316 e. The first-order chi connectivity index (χ1) is 9.33. The van der Waals surface area contributed by atoms with Crippen molar-refractivity contribution in [3.05, 3.63) is 15.6 Å². The smallest absolute Gasteiger partial charge is 0.305 e. The summed E-state index contributed by atoms with van der Waals surface area (Å²) in [7, 11) is 0. The highest BCUT2D eigenvalue weighted by atomic mass is 32.1. The van der Waals surface area contributed by atoms with Crippen LogP contribution in [0.2, 0.25) is 0 Å². The van der Waals surface area contributed by atoms with Gasteiger partial charge in [-0.2, -0.15) is 0 Å². The predicted octanol–water partition coefficient (Wildman–Crippen LogP) is 0.796. The average Bonchev–Trinajstić information content (AvgIpc) is 2.72. The van der Waals surface area contributed by atoms with Gasteiger partial charge in [-0.05, 0) is 19.3 Å². The lowest BCUT2D eigenvalue weighted by Crippen LogP contribution is -2.28. The van der Waals surface area contributed by atoms with Crippen LogP contribution in [-0.2, 0) is 12.8 Å². The largest absolute Gasteiger partial charge is 0.316 e. The molecule has 1 saturated heterocycles. The Morgan fingerprint density at radius 1 is 1.05 bits per heavy atom. The van der Waals surface area contributed by atoms with E-state index in [0.29, 0.717) is 5.01 Å². The molecule has 0 unspecified atom stereocenters. The van der Waals surface area contributed by atoms with Crippen molar-refractivity contribution in [3.63, 3.8) is 0 Å². The molecule has 0 bridgehead atoms. The van der Waals surface area contributed by atoms with Gasteiger partial charge in [-0.25, -0.2) is 9.98 Å². The second-order valence-electron chi connectivity index (χ2n) is 4.87. The van der Waals surface area contributed by atoms with Crippen LogP contribution in [0.3, 0.4) is 0 Å². The number of nitrogens with zero attached hydrogens (tertiary/aromatic N) is 2. The molecule has 0 saturated carbocycles. The number of carbonyl (C=O) groups is 1. The lowest BCUT2D eigenvalue weighted by atomic mass is 10.1. The summed E-state index contributed by atoms with van der Waals surface area (Å²) < 4.78 is 0. The summed E-state index contributed by atoms with van der Waals surface area (Å²) in [6, 6.07) is 0. The first kappa shape index (κ1) is 12.9. The van der Waals surface area contributed by atoms with Crippen LogP contribution in [0.25, 0.3) is 0 Å². The molecule has 6 heteroatoms. The first-order valence-electron chi connectivity index (χ1n) is 6.84. The number of fused-ring (bicyclic) bond motifs is 1. The van der Waals surface area contributed by atoms with Crippen LogP contribution < -0.4 is 10.6 Å². The van der Waals surface area contributed by atoms with Crippen LogP contribution in [0, 0.1) is 0 Å². The molecule has 0 radical (unpaired) electrons. The summed E-state index contributed by atoms with van der Waals surface area (Å²) in [5, 5.41) is 7.17. The summed E-state index contributed by atoms with van der Waals surface area (Å²) in [5.41, 5.74) is 2.10. The number of amides is 1. The van der Waals surface area contributed by atoms with E-state index in [9.17, 15) is 4.79 Å². The second kappa shape index (κ2) is 5.90. The maximum absolute atomic E-state index is 12.1. The number of hydrogen-bond acceptors (Lipinski definition) is 5. The summed E-state index contributed by atoms with van der Waals surface area (Å²) in [5.74, 6) is -0.150. The van der Waals surface area contributed by atoms with Crippen LogP contribution in [0.4, 0.5) is 0 Å². The van der Waals surface area contributed by atoms with Gasteiger partial charge in [0.1, 0.15) is 0 Å². The van der Waals surface area contributed by atoms with Gasteiger partial charge in [0.25, 0.3) is 0 Å². The van der Waals surface area contributed by atoms with E-state index in [1.54, 1.807) is 0 Å². The lowest BCUT2D eigenvalue weighted by molar-refractivity contribution is 0.100. The van der Waals surface area contributed by atoms with Gasteiger partial charge in [-0.3, -0.25) is 4.79 Å². The van der Waals surface area contributed by atoms with Gasteiger partial charge in [0, 0.05) is 43.2 Å². The second-order valence-corrected chi connectivity index (χ2v) is 5.96. The van der Waals surface area contributed by atoms with E-state index in [1.165, 1.54) is 16.2 Å². The van der Waals surface area contributed by atoms with E-state index in [1.807, 2.05) is 0 Å². The summed E-state index contributed by atoms with van der Waals surface area (Å²) in [6.45, 7) is 3.77. The number of hydrogen-bond donors (Lipinski definition) is 2. The SMILES string of the molecule is O=C(N=C1CCNCC1)c1nc2c(s1)CCNCC2. The minimum absolute atomic E-state index is 0.150. The molecule has 5 nitrogen and oxygen atoms in total. The van der Waals surface area contributed by atoms with E-state index in [2.05, 4.69) is 20.6 Å². The van der Waals surface area contributed by atoms with Crippen LogP contribution in [0.1, 0.15) is 33.2 Å². The Morgan fingerprint density at radius 3 is 2.53 bits per heavy atom. The summed E-state index contributed by atoms with van der Waals surface area (Å²) in [6.07, 6.45) is 3.64. The van der Waals surface area contributed by atoms with E-state index in [0.717, 1.165) is 63.3 Å². The molecule has 2 aliphatic rings. The third kappa shape index (κ3) is 3.08. The van der Waals surface area contributed by atoms with E-state index >= 15 is 0 Å². The zero-order valence-corrected chi connectivity index (χ0v) is 11.7. The molecule has 0 aliphatic carbocycles. The predicted molar refractivity (Wildman–Crippen MR) is 76.3 cm³/mol. The number of aliphatic imine (C=N–C) groups is 1. The Labute approximate surface area is 116 Å². The molecule has 1 amide bonds. The molecule has 3 rings (SSSR count). The zero-order chi connectivity index (χ0) is 13.1. The molecule has 0 aromatic carbocycles. The standard InChI is InChI=1S/C13H18N4OS/c18-12(16-9-1-5-14-6-2-9)13-17-10-3-7-15-8-4-11(10)19-13/h14-15H,1-8H2. The van der Waals surface area contributed by atoms with Gasteiger partial charge < -0.3 is 10.6 Å². The van der Waals surface area contributed by atoms with Crippen LogP contribution in [0.5, 0.6) is 0 Å². The van der Waals surface area contributed by atoms with Gasteiger partial charge in [0.15, 0.2) is 5.01 Å². The van der Waals surface area contributed by atoms with Crippen LogP contribution in [0.15, 0.2) is 4.99 Å². The molecule has 1 fully saturated rings. The van der Waals surface area contributed by atoms with Crippen LogP contribution >= 0.6 is 11.3 Å². The number of thiazole rings is 1. The molecule has 102 valence electrons. The van der Waals surface area contributed by atoms with Gasteiger partial charge in [0.05, 0.1) is 5.69 Å². The highest BCUT2D eigenvalue weighted by molar-refractivity contribution is 7.13. The number of aromatic nitrogens is 1. The molecular weight excluding hydrogens is 260 g/mol. The fourth-order valence-corrected chi connectivity index (χ4v) is 3.41. The fourth-order valence-electron chi connectivity index (χ4n) is 2.42. The van der Waals surface area contributed by atoms with Crippen molar-refractivity contribution in [2.45, 2.75) is 25.7 Å². The topological polar surface area (TPSA) is 66.4 Å². The van der Waals surface area contributed by atoms with Crippen molar-refractivity contribution >= 4 is 23.0 Å². The van der Waals surface area contributed by atoms with Crippen molar-refractivity contribution in [2.24, 2.45) is 4.99 Å². The quantitative estimate of drug-likeness (QED) is 0.797. The highest BCUT2D eigenvalue weighted by Gasteiger charge is 2.18. The lowest BCUT2D eigenvalue weighted by Gasteiger charge is -2.12. The number of piperidine rings is 1. The van der Waals surface area contributed by atoms with Crippen molar-refractivity contribution < 1.29 is 4.79 Å². The molecule has 2 aliphatic heterocycles. The Morgan fingerprint density at radius 2 is 1.74 bits per heavy atom. The van der Waals surface area contributed by atoms with Gasteiger partial charge >= 0.3 is 5.91 Å². The van der Waals surface area contributed by atoms with Crippen molar-refractivity contribution in [2.75, 3.05) is 26.2 Å². The number of nitrogens with one attached hydrogen (secondary N) is 2. The normalized spacial score (nSPS) is 19.7. The van der Waals surface area contributed by atoms with Gasteiger partial charge in [0.2, 0.25) is 0 Å². The number of carbonyl (C=O) groups excluding carboxylic acids is 1. The molecule has 3 heterocycles. The minimum atomic E-state index is -0.150. The van der Waals surface area contributed by atoms with E-state index in [4.69, 9.17) is 0 Å². The maximum Gasteiger partial charge on any atom is 0.305 e. The highest BCUT2D eigenvalue weighted by Crippen LogP contribution is 2.22. The fraction of sp³-hybridized carbons (Fsp3) is 0.615. The summed E-state index contributed by atoms with van der Waals surface area (Å²) >= 11 is 1.52. The Balaban J connectivity index is 1.76.